The number of carbonyl (C=O) groups excluding carboxylic acids is 1. The van der Waals surface area contributed by atoms with E-state index in [4.69, 9.17) is 16.3 Å². The van der Waals surface area contributed by atoms with Crippen molar-refractivity contribution < 1.29 is 9.53 Å². The minimum Gasteiger partial charge on any atom is -0.378 e. The highest BCUT2D eigenvalue weighted by molar-refractivity contribution is 6.30. The second-order valence-electron chi connectivity index (χ2n) is 7.73. The molecule has 0 aromatic heterocycles. The number of anilines is 1. The number of hydrogen-bond acceptors (Lipinski definition) is 3. The van der Waals surface area contributed by atoms with Gasteiger partial charge in [-0.2, -0.15) is 0 Å². The molecule has 0 bridgehead atoms. The number of amides is 1. The molecule has 3 rings (SSSR count). The Morgan fingerprint density at radius 3 is 2.25 bits per heavy atom. The van der Waals surface area contributed by atoms with Gasteiger partial charge in [0, 0.05) is 37.4 Å². The van der Waals surface area contributed by atoms with Gasteiger partial charge < -0.3 is 14.5 Å². The first-order chi connectivity index (χ1) is 13.5. The highest BCUT2D eigenvalue weighted by Crippen LogP contribution is 2.28. The highest BCUT2D eigenvalue weighted by Gasteiger charge is 2.27. The van der Waals surface area contributed by atoms with E-state index in [1.165, 1.54) is 5.69 Å². The van der Waals surface area contributed by atoms with Gasteiger partial charge in [0.05, 0.1) is 19.1 Å². The fourth-order valence-electron chi connectivity index (χ4n) is 3.71. The zero-order valence-electron chi connectivity index (χ0n) is 16.9. The average molecular weight is 401 g/mol. The molecule has 0 spiro atoms. The molecule has 1 saturated heterocycles. The standard InChI is InChI=1S/C23H29ClN2O2/c1-17(2)22(19-6-8-20(24)9-7-19)23(27)25(3)16-18-4-10-21(11-5-18)26-12-14-28-15-13-26/h4-11,17,22H,12-16H2,1-3H3/t22-/m0/s1. The van der Waals surface area contributed by atoms with Crippen molar-refractivity contribution in [3.8, 4) is 0 Å². The first-order valence-corrected chi connectivity index (χ1v) is 10.3. The Balaban J connectivity index is 1.67. The molecular formula is C23H29ClN2O2. The summed E-state index contributed by atoms with van der Waals surface area (Å²) in [6.07, 6.45) is 0. The zero-order valence-corrected chi connectivity index (χ0v) is 17.7. The van der Waals surface area contributed by atoms with Gasteiger partial charge in [0.25, 0.3) is 0 Å². The molecule has 1 amide bonds. The number of benzene rings is 2. The molecule has 0 radical (unpaired) electrons. The van der Waals surface area contributed by atoms with Crippen LogP contribution in [-0.2, 0) is 16.1 Å². The summed E-state index contributed by atoms with van der Waals surface area (Å²) < 4.78 is 5.42. The minimum atomic E-state index is -0.171. The maximum absolute atomic E-state index is 13.2. The Morgan fingerprint density at radius 1 is 1.07 bits per heavy atom. The van der Waals surface area contributed by atoms with Crippen LogP contribution in [0.15, 0.2) is 48.5 Å². The van der Waals surface area contributed by atoms with E-state index in [1.807, 2.05) is 36.2 Å². The lowest BCUT2D eigenvalue weighted by molar-refractivity contribution is -0.133. The van der Waals surface area contributed by atoms with Gasteiger partial charge in [0.2, 0.25) is 5.91 Å². The number of likely N-dealkylation sites (N-methyl/N-ethyl adjacent to an activating group) is 1. The molecule has 4 nitrogen and oxygen atoms in total. The molecule has 0 aliphatic carbocycles. The third kappa shape index (κ3) is 5.06. The minimum absolute atomic E-state index is 0.134. The van der Waals surface area contributed by atoms with Crippen molar-refractivity contribution in [2.75, 3.05) is 38.3 Å². The van der Waals surface area contributed by atoms with E-state index in [2.05, 4.69) is 43.0 Å². The second-order valence-corrected chi connectivity index (χ2v) is 8.17. The van der Waals surface area contributed by atoms with Crippen LogP contribution in [0.4, 0.5) is 5.69 Å². The molecular weight excluding hydrogens is 372 g/mol. The molecule has 150 valence electrons. The van der Waals surface area contributed by atoms with Crippen molar-refractivity contribution in [3.63, 3.8) is 0 Å². The van der Waals surface area contributed by atoms with Crippen molar-refractivity contribution in [3.05, 3.63) is 64.7 Å². The SMILES string of the molecule is CC(C)[C@H](C(=O)N(C)Cc1ccc(N2CCOCC2)cc1)c1ccc(Cl)cc1. The normalized spacial score (nSPS) is 15.5. The molecule has 1 heterocycles. The van der Waals surface area contributed by atoms with Crippen LogP contribution >= 0.6 is 11.6 Å². The van der Waals surface area contributed by atoms with E-state index in [-0.39, 0.29) is 17.7 Å². The third-order valence-electron chi connectivity index (χ3n) is 5.27. The Hall–Kier alpha value is -2.04. The van der Waals surface area contributed by atoms with Gasteiger partial charge in [0.15, 0.2) is 0 Å². The van der Waals surface area contributed by atoms with Crippen molar-refractivity contribution >= 4 is 23.2 Å². The fraction of sp³-hybridized carbons (Fsp3) is 0.435. The van der Waals surface area contributed by atoms with Crippen LogP contribution in [0.25, 0.3) is 0 Å². The molecule has 0 N–H and O–H groups in total. The zero-order chi connectivity index (χ0) is 20.1. The molecule has 1 aliphatic rings. The van der Waals surface area contributed by atoms with Crippen LogP contribution in [0, 0.1) is 5.92 Å². The Morgan fingerprint density at radius 2 is 1.68 bits per heavy atom. The fourth-order valence-corrected chi connectivity index (χ4v) is 3.83. The van der Waals surface area contributed by atoms with Gasteiger partial charge in [-0.1, -0.05) is 49.7 Å². The molecule has 1 aliphatic heterocycles. The molecule has 1 fully saturated rings. The van der Waals surface area contributed by atoms with E-state index in [9.17, 15) is 4.79 Å². The van der Waals surface area contributed by atoms with Crippen LogP contribution in [0.1, 0.15) is 30.9 Å². The van der Waals surface area contributed by atoms with E-state index >= 15 is 0 Å². The maximum Gasteiger partial charge on any atom is 0.230 e. The van der Waals surface area contributed by atoms with E-state index < -0.39 is 0 Å². The Kier molecular flexibility index (Phi) is 6.97. The summed E-state index contributed by atoms with van der Waals surface area (Å²) in [6, 6.07) is 16.1. The van der Waals surface area contributed by atoms with Crippen LogP contribution in [0.5, 0.6) is 0 Å². The third-order valence-corrected chi connectivity index (χ3v) is 5.52. The molecule has 0 saturated carbocycles. The molecule has 5 heteroatoms. The Bertz CT molecular complexity index is 768. The van der Waals surface area contributed by atoms with E-state index in [1.54, 1.807) is 0 Å². The summed E-state index contributed by atoms with van der Waals surface area (Å²) >= 11 is 6.01. The number of morpholine rings is 1. The number of halogens is 1. The molecule has 1 atom stereocenters. The summed E-state index contributed by atoms with van der Waals surface area (Å²) in [6.45, 7) is 8.17. The van der Waals surface area contributed by atoms with Gasteiger partial charge in [-0.3, -0.25) is 4.79 Å². The van der Waals surface area contributed by atoms with Crippen molar-refractivity contribution in [1.29, 1.82) is 0 Å². The number of nitrogens with zero attached hydrogens (tertiary/aromatic N) is 2. The smallest absolute Gasteiger partial charge is 0.230 e. The lowest BCUT2D eigenvalue weighted by Gasteiger charge is -2.29. The van der Waals surface area contributed by atoms with E-state index in [0.717, 1.165) is 37.4 Å². The molecule has 0 unspecified atom stereocenters. The first-order valence-electron chi connectivity index (χ1n) is 9.88. The van der Waals surface area contributed by atoms with Crippen LogP contribution in [0.2, 0.25) is 5.02 Å². The molecule has 2 aromatic rings. The Labute approximate surface area is 173 Å². The van der Waals surface area contributed by atoms with Gasteiger partial charge in [-0.15, -0.1) is 0 Å². The maximum atomic E-state index is 13.2. The number of carbonyl (C=O) groups is 1. The quantitative estimate of drug-likeness (QED) is 0.711. The highest BCUT2D eigenvalue weighted by atomic mass is 35.5. The largest absolute Gasteiger partial charge is 0.378 e. The topological polar surface area (TPSA) is 32.8 Å². The number of rotatable bonds is 6. The summed E-state index contributed by atoms with van der Waals surface area (Å²) in [5, 5.41) is 0.687. The van der Waals surface area contributed by atoms with Crippen LogP contribution in [0.3, 0.4) is 0 Å². The van der Waals surface area contributed by atoms with Crippen molar-refractivity contribution in [2.24, 2.45) is 5.92 Å². The lowest BCUT2D eigenvalue weighted by Crippen LogP contribution is -2.36. The van der Waals surface area contributed by atoms with Crippen molar-refractivity contribution in [2.45, 2.75) is 26.3 Å². The van der Waals surface area contributed by atoms with Crippen molar-refractivity contribution in [1.82, 2.24) is 4.90 Å². The van der Waals surface area contributed by atoms with Gasteiger partial charge in [-0.25, -0.2) is 0 Å². The summed E-state index contributed by atoms with van der Waals surface area (Å²) in [4.78, 5) is 17.3. The number of ether oxygens (including phenoxy) is 1. The monoisotopic (exact) mass is 400 g/mol. The summed E-state index contributed by atoms with van der Waals surface area (Å²) in [5.74, 6) is 0.171. The van der Waals surface area contributed by atoms with Gasteiger partial charge in [0.1, 0.15) is 0 Å². The van der Waals surface area contributed by atoms with Crippen LogP contribution in [-0.4, -0.2) is 44.2 Å². The van der Waals surface area contributed by atoms with Gasteiger partial charge in [-0.05, 0) is 41.3 Å². The number of hydrogen-bond donors (Lipinski definition) is 0. The summed E-state index contributed by atoms with van der Waals surface area (Å²) in [5.41, 5.74) is 3.35. The van der Waals surface area contributed by atoms with Gasteiger partial charge >= 0.3 is 0 Å². The predicted octanol–water partition coefficient (Wildman–Crippen LogP) is 4.57. The first kappa shape index (κ1) is 20.7. The van der Waals surface area contributed by atoms with Crippen LogP contribution < -0.4 is 4.90 Å². The lowest BCUT2D eigenvalue weighted by atomic mass is 9.87. The second kappa shape index (κ2) is 9.44. The average Bonchev–Trinajstić information content (AvgIpc) is 2.70. The predicted molar refractivity (Wildman–Crippen MR) is 115 cm³/mol. The van der Waals surface area contributed by atoms with E-state index in [0.29, 0.717) is 11.6 Å². The molecule has 28 heavy (non-hydrogen) atoms. The summed E-state index contributed by atoms with van der Waals surface area (Å²) in [7, 11) is 1.88. The molecule has 2 aromatic carbocycles.